The summed E-state index contributed by atoms with van der Waals surface area (Å²) in [6.45, 7) is 10.5. The maximum Gasteiger partial charge on any atom is 0.264 e. The zero-order valence-corrected chi connectivity index (χ0v) is 16.9. The van der Waals surface area contributed by atoms with E-state index in [2.05, 4.69) is 33.5 Å². The Labute approximate surface area is 163 Å². The Balaban J connectivity index is 1.49. The van der Waals surface area contributed by atoms with Gasteiger partial charge in [-0.25, -0.2) is 0 Å². The summed E-state index contributed by atoms with van der Waals surface area (Å²) >= 11 is 1.57. The number of hydrogen-bond donors (Lipinski definition) is 0. The third kappa shape index (κ3) is 3.56. The average Bonchev–Trinajstić information content (AvgIpc) is 3.23. The molecule has 1 saturated heterocycles. The van der Waals surface area contributed by atoms with Gasteiger partial charge in [-0.2, -0.15) is 5.10 Å². The van der Waals surface area contributed by atoms with Crippen LogP contribution in [0.25, 0.3) is 10.2 Å². The van der Waals surface area contributed by atoms with Gasteiger partial charge in [0.2, 0.25) is 0 Å². The van der Waals surface area contributed by atoms with Gasteiger partial charge in [0.25, 0.3) is 5.91 Å². The Morgan fingerprint density at radius 2 is 1.89 bits per heavy atom. The predicted molar refractivity (Wildman–Crippen MR) is 110 cm³/mol. The van der Waals surface area contributed by atoms with E-state index in [0.717, 1.165) is 53.5 Å². The second-order valence-corrected chi connectivity index (χ2v) is 8.51. The second kappa shape index (κ2) is 7.31. The largest absolute Gasteiger partial charge is 0.368 e. The van der Waals surface area contributed by atoms with Gasteiger partial charge in [0.1, 0.15) is 4.83 Å². The van der Waals surface area contributed by atoms with Crippen molar-refractivity contribution >= 4 is 33.1 Å². The Bertz CT molecular complexity index is 938. The smallest absolute Gasteiger partial charge is 0.264 e. The van der Waals surface area contributed by atoms with Crippen LogP contribution < -0.4 is 4.90 Å². The molecule has 0 radical (unpaired) electrons. The first-order chi connectivity index (χ1) is 13.0. The van der Waals surface area contributed by atoms with E-state index in [1.807, 2.05) is 42.4 Å². The summed E-state index contributed by atoms with van der Waals surface area (Å²) < 4.78 is 2.05. The summed E-state index contributed by atoms with van der Waals surface area (Å²) in [6, 6.07) is 6.07. The van der Waals surface area contributed by atoms with Crippen molar-refractivity contribution in [3.63, 3.8) is 0 Å². The Morgan fingerprint density at radius 1 is 1.19 bits per heavy atom. The summed E-state index contributed by atoms with van der Waals surface area (Å²) in [7, 11) is 0. The van der Waals surface area contributed by atoms with Crippen LogP contribution in [-0.2, 0) is 6.54 Å². The fourth-order valence-electron chi connectivity index (χ4n) is 3.57. The van der Waals surface area contributed by atoms with E-state index >= 15 is 0 Å². The first-order valence-corrected chi connectivity index (χ1v) is 10.3. The highest BCUT2D eigenvalue weighted by Crippen LogP contribution is 2.30. The number of amides is 1. The second-order valence-electron chi connectivity index (χ2n) is 7.48. The number of pyridine rings is 1. The topological polar surface area (TPSA) is 54.3 Å². The molecule has 0 saturated carbocycles. The fourth-order valence-corrected chi connectivity index (χ4v) is 4.70. The van der Waals surface area contributed by atoms with Crippen molar-refractivity contribution in [2.45, 2.75) is 27.3 Å². The van der Waals surface area contributed by atoms with Crippen molar-refractivity contribution in [2.75, 3.05) is 31.1 Å². The Hall–Kier alpha value is -2.41. The molecule has 7 heteroatoms. The Morgan fingerprint density at radius 3 is 2.56 bits per heavy atom. The number of carbonyl (C=O) groups is 1. The van der Waals surface area contributed by atoms with Gasteiger partial charge in [0, 0.05) is 56.2 Å². The van der Waals surface area contributed by atoms with Gasteiger partial charge in [0.05, 0.1) is 10.6 Å². The number of piperazine rings is 1. The number of carbonyl (C=O) groups excluding carboxylic acids is 1. The summed E-state index contributed by atoms with van der Waals surface area (Å²) in [5.74, 6) is 0.663. The van der Waals surface area contributed by atoms with Gasteiger partial charge in [0.15, 0.2) is 0 Å². The van der Waals surface area contributed by atoms with Gasteiger partial charge < -0.3 is 9.80 Å². The number of aryl methyl sites for hydroxylation is 1. The van der Waals surface area contributed by atoms with E-state index in [-0.39, 0.29) is 5.91 Å². The minimum atomic E-state index is 0.140. The van der Waals surface area contributed by atoms with E-state index in [4.69, 9.17) is 0 Å². The maximum atomic E-state index is 13.0. The van der Waals surface area contributed by atoms with Crippen LogP contribution in [0.15, 0.2) is 30.6 Å². The first kappa shape index (κ1) is 18.0. The van der Waals surface area contributed by atoms with Crippen molar-refractivity contribution < 1.29 is 4.79 Å². The van der Waals surface area contributed by atoms with Gasteiger partial charge in [-0.05, 0) is 31.0 Å². The molecule has 0 spiro atoms. The number of fused-ring (bicyclic) bond motifs is 1. The van der Waals surface area contributed by atoms with Crippen molar-refractivity contribution in [3.8, 4) is 0 Å². The lowest BCUT2D eigenvalue weighted by Crippen LogP contribution is -2.48. The molecule has 4 rings (SSSR count). The average molecular weight is 384 g/mol. The number of thiophene rings is 1. The summed E-state index contributed by atoms with van der Waals surface area (Å²) in [4.78, 5) is 23.3. The van der Waals surface area contributed by atoms with E-state index in [9.17, 15) is 4.79 Å². The minimum absolute atomic E-state index is 0.140. The molecular weight excluding hydrogens is 358 g/mol. The van der Waals surface area contributed by atoms with Gasteiger partial charge in [-0.15, -0.1) is 11.3 Å². The maximum absolute atomic E-state index is 13.0. The van der Waals surface area contributed by atoms with E-state index < -0.39 is 0 Å². The molecule has 0 bridgehead atoms. The zero-order valence-electron chi connectivity index (χ0n) is 16.1. The lowest BCUT2D eigenvalue weighted by atomic mass is 10.2. The molecular formula is C20H25N5OS. The van der Waals surface area contributed by atoms with Crippen molar-refractivity contribution in [2.24, 2.45) is 5.92 Å². The molecule has 0 aromatic carbocycles. The van der Waals surface area contributed by atoms with Gasteiger partial charge >= 0.3 is 0 Å². The van der Waals surface area contributed by atoms with Crippen LogP contribution in [0.1, 0.15) is 29.2 Å². The quantitative estimate of drug-likeness (QED) is 0.693. The highest BCUT2D eigenvalue weighted by Gasteiger charge is 2.25. The monoisotopic (exact) mass is 383 g/mol. The normalized spacial score (nSPS) is 15.1. The van der Waals surface area contributed by atoms with Crippen LogP contribution >= 0.6 is 11.3 Å². The number of aromatic nitrogens is 3. The molecule has 1 aliphatic rings. The molecule has 4 heterocycles. The number of rotatable bonds is 4. The first-order valence-electron chi connectivity index (χ1n) is 9.44. The number of nitrogens with zero attached hydrogens (tertiary/aromatic N) is 5. The molecule has 1 aliphatic heterocycles. The summed E-state index contributed by atoms with van der Waals surface area (Å²) in [5, 5.41) is 5.75. The van der Waals surface area contributed by atoms with E-state index in [1.54, 1.807) is 11.3 Å². The fraction of sp³-hybridized carbons (Fsp3) is 0.450. The standard InChI is InChI=1S/C20H25N5OS/c1-14(2)13-25-20-17(15(3)22-25)12-18(27-20)19(26)24-10-8-23(9-11-24)16-4-6-21-7-5-16/h4-7,12,14H,8-11,13H2,1-3H3. The van der Waals surface area contributed by atoms with E-state index in [0.29, 0.717) is 5.92 Å². The molecule has 3 aromatic heterocycles. The molecule has 3 aromatic rings. The van der Waals surface area contributed by atoms with Gasteiger partial charge in [-0.3, -0.25) is 14.5 Å². The number of hydrogen-bond acceptors (Lipinski definition) is 5. The summed E-state index contributed by atoms with van der Waals surface area (Å²) in [5.41, 5.74) is 2.17. The zero-order chi connectivity index (χ0) is 19.0. The van der Waals surface area contributed by atoms with Crippen LogP contribution in [-0.4, -0.2) is 51.8 Å². The summed E-state index contributed by atoms with van der Waals surface area (Å²) in [6.07, 6.45) is 3.62. The van der Waals surface area contributed by atoms with Crippen LogP contribution in [0, 0.1) is 12.8 Å². The van der Waals surface area contributed by atoms with E-state index in [1.165, 1.54) is 5.69 Å². The van der Waals surface area contributed by atoms with Crippen LogP contribution in [0.3, 0.4) is 0 Å². The molecule has 0 aliphatic carbocycles. The van der Waals surface area contributed by atoms with Crippen molar-refractivity contribution in [1.82, 2.24) is 19.7 Å². The third-order valence-electron chi connectivity index (χ3n) is 4.95. The molecule has 0 unspecified atom stereocenters. The van der Waals surface area contributed by atoms with Crippen LogP contribution in [0.4, 0.5) is 5.69 Å². The minimum Gasteiger partial charge on any atom is -0.368 e. The van der Waals surface area contributed by atoms with Crippen molar-refractivity contribution in [3.05, 3.63) is 41.2 Å². The highest BCUT2D eigenvalue weighted by atomic mass is 32.1. The molecule has 0 N–H and O–H groups in total. The lowest BCUT2D eigenvalue weighted by Gasteiger charge is -2.35. The van der Waals surface area contributed by atoms with Crippen molar-refractivity contribution in [1.29, 1.82) is 0 Å². The predicted octanol–water partition coefficient (Wildman–Crippen LogP) is 3.42. The van der Waals surface area contributed by atoms with Crippen LogP contribution in [0.5, 0.6) is 0 Å². The van der Waals surface area contributed by atoms with Gasteiger partial charge in [-0.1, -0.05) is 13.8 Å². The molecule has 142 valence electrons. The highest BCUT2D eigenvalue weighted by molar-refractivity contribution is 7.20. The van der Waals surface area contributed by atoms with Crippen LogP contribution in [0.2, 0.25) is 0 Å². The molecule has 1 fully saturated rings. The molecule has 0 atom stereocenters. The Kier molecular flexibility index (Phi) is 4.86. The molecule has 1 amide bonds. The third-order valence-corrected chi connectivity index (χ3v) is 6.09. The molecule has 6 nitrogen and oxygen atoms in total. The number of anilines is 1. The SMILES string of the molecule is Cc1nn(CC(C)C)c2sc(C(=O)N3CCN(c4ccncc4)CC3)cc12. The lowest BCUT2D eigenvalue weighted by molar-refractivity contribution is 0.0751. The molecule has 27 heavy (non-hydrogen) atoms.